The maximum Gasteiger partial charge on any atom is 0.241 e. The van der Waals surface area contributed by atoms with Gasteiger partial charge in [-0.3, -0.25) is 4.79 Å². The normalized spacial score (nSPS) is 17.6. The van der Waals surface area contributed by atoms with Gasteiger partial charge in [0.05, 0.1) is 6.04 Å². The van der Waals surface area contributed by atoms with E-state index in [0.717, 1.165) is 44.0 Å². The van der Waals surface area contributed by atoms with Crippen molar-refractivity contribution in [2.45, 2.75) is 26.8 Å². The molecular formula is C16H26N4O. The lowest BCUT2D eigenvalue weighted by Crippen LogP contribution is -2.46. The Kier molecular flexibility index (Phi) is 5.20. The maximum atomic E-state index is 11.7. The molecule has 1 amide bonds. The highest BCUT2D eigenvalue weighted by molar-refractivity contribution is 5.95. The number of amides is 1. The van der Waals surface area contributed by atoms with Crippen molar-refractivity contribution < 1.29 is 4.79 Å². The summed E-state index contributed by atoms with van der Waals surface area (Å²) < 4.78 is 0. The van der Waals surface area contributed by atoms with Crippen LogP contribution in [0.25, 0.3) is 0 Å². The molecule has 1 fully saturated rings. The van der Waals surface area contributed by atoms with Crippen LogP contribution >= 0.6 is 0 Å². The molecule has 3 N–H and O–H groups in total. The fourth-order valence-electron chi connectivity index (χ4n) is 2.55. The minimum Gasteiger partial charge on any atom is -0.369 e. The SMILES string of the molecule is CCN1CCN(c2ccc(NC(=O)C(C)N)c(C)c2)CC1. The molecule has 5 heteroatoms. The van der Waals surface area contributed by atoms with Crippen LogP contribution < -0.4 is 16.0 Å². The largest absolute Gasteiger partial charge is 0.369 e. The molecule has 5 nitrogen and oxygen atoms in total. The number of hydrogen-bond acceptors (Lipinski definition) is 4. The number of carbonyl (C=O) groups excluding carboxylic acids is 1. The Bertz CT molecular complexity index is 493. The highest BCUT2D eigenvalue weighted by Gasteiger charge is 2.16. The van der Waals surface area contributed by atoms with Gasteiger partial charge in [0.2, 0.25) is 5.91 Å². The molecule has 1 aliphatic heterocycles. The highest BCUT2D eigenvalue weighted by atomic mass is 16.2. The second-order valence-corrected chi connectivity index (χ2v) is 5.70. The minimum atomic E-state index is -0.494. The molecule has 1 heterocycles. The van der Waals surface area contributed by atoms with Crippen LogP contribution in [0.4, 0.5) is 11.4 Å². The molecule has 0 aromatic heterocycles. The van der Waals surface area contributed by atoms with Gasteiger partial charge in [-0.1, -0.05) is 6.92 Å². The summed E-state index contributed by atoms with van der Waals surface area (Å²) in [5.74, 6) is -0.151. The van der Waals surface area contributed by atoms with Gasteiger partial charge in [0.25, 0.3) is 0 Å². The first-order valence-corrected chi connectivity index (χ1v) is 7.65. The van der Waals surface area contributed by atoms with E-state index in [4.69, 9.17) is 5.73 Å². The average molecular weight is 290 g/mol. The molecule has 0 spiro atoms. The van der Waals surface area contributed by atoms with E-state index in [-0.39, 0.29) is 5.91 Å². The predicted octanol–water partition coefficient (Wildman–Crippen LogP) is 1.42. The number of aryl methyl sites for hydroxylation is 1. The lowest BCUT2D eigenvalue weighted by Gasteiger charge is -2.35. The fraction of sp³-hybridized carbons (Fsp3) is 0.562. The molecule has 21 heavy (non-hydrogen) atoms. The monoisotopic (exact) mass is 290 g/mol. The molecule has 0 bridgehead atoms. The third kappa shape index (κ3) is 3.95. The van der Waals surface area contributed by atoms with Gasteiger partial charge in [-0.15, -0.1) is 0 Å². The first kappa shape index (κ1) is 15.8. The molecule has 116 valence electrons. The van der Waals surface area contributed by atoms with Crippen molar-refractivity contribution in [3.8, 4) is 0 Å². The molecule has 1 unspecified atom stereocenters. The second-order valence-electron chi connectivity index (χ2n) is 5.70. The summed E-state index contributed by atoms with van der Waals surface area (Å²) in [6.07, 6.45) is 0. The number of benzene rings is 1. The maximum absolute atomic E-state index is 11.7. The summed E-state index contributed by atoms with van der Waals surface area (Å²) in [6, 6.07) is 5.69. The Hall–Kier alpha value is -1.59. The summed E-state index contributed by atoms with van der Waals surface area (Å²) >= 11 is 0. The van der Waals surface area contributed by atoms with Gasteiger partial charge in [0.1, 0.15) is 0 Å². The number of carbonyl (C=O) groups is 1. The van der Waals surface area contributed by atoms with E-state index in [1.165, 1.54) is 5.69 Å². The van der Waals surface area contributed by atoms with Crippen LogP contribution in [0.15, 0.2) is 18.2 Å². The predicted molar refractivity (Wildman–Crippen MR) is 87.8 cm³/mol. The van der Waals surface area contributed by atoms with Crippen LogP contribution in [0.3, 0.4) is 0 Å². The van der Waals surface area contributed by atoms with E-state index in [1.807, 2.05) is 13.0 Å². The van der Waals surface area contributed by atoms with Gasteiger partial charge < -0.3 is 20.9 Å². The van der Waals surface area contributed by atoms with E-state index in [1.54, 1.807) is 6.92 Å². The number of nitrogens with one attached hydrogen (secondary N) is 1. The van der Waals surface area contributed by atoms with Crippen molar-refractivity contribution in [2.75, 3.05) is 42.9 Å². The first-order chi connectivity index (χ1) is 10.0. The second kappa shape index (κ2) is 6.91. The Morgan fingerprint density at radius 1 is 1.33 bits per heavy atom. The van der Waals surface area contributed by atoms with Crippen LogP contribution in [0.1, 0.15) is 19.4 Å². The molecule has 0 saturated carbocycles. The molecule has 0 aliphatic carbocycles. The van der Waals surface area contributed by atoms with Gasteiger partial charge in [0.15, 0.2) is 0 Å². The van der Waals surface area contributed by atoms with Crippen molar-refractivity contribution in [3.05, 3.63) is 23.8 Å². The summed E-state index contributed by atoms with van der Waals surface area (Å²) in [5.41, 5.74) is 8.72. The first-order valence-electron chi connectivity index (χ1n) is 7.65. The van der Waals surface area contributed by atoms with E-state index in [0.29, 0.717) is 0 Å². The zero-order valence-electron chi connectivity index (χ0n) is 13.2. The zero-order chi connectivity index (χ0) is 15.4. The lowest BCUT2D eigenvalue weighted by molar-refractivity contribution is -0.117. The quantitative estimate of drug-likeness (QED) is 0.880. The summed E-state index contributed by atoms with van der Waals surface area (Å²) in [4.78, 5) is 16.5. The van der Waals surface area contributed by atoms with Gasteiger partial charge in [-0.05, 0) is 44.2 Å². The topological polar surface area (TPSA) is 61.6 Å². The molecule has 1 aromatic carbocycles. The molecular weight excluding hydrogens is 264 g/mol. The number of rotatable bonds is 4. The third-order valence-corrected chi connectivity index (χ3v) is 4.07. The van der Waals surface area contributed by atoms with Crippen molar-refractivity contribution in [3.63, 3.8) is 0 Å². The number of nitrogens with two attached hydrogens (primary N) is 1. The van der Waals surface area contributed by atoms with Crippen LogP contribution in [-0.4, -0.2) is 49.6 Å². The summed E-state index contributed by atoms with van der Waals surface area (Å²) in [5, 5.41) is 2.87. The van der Waals surface area contributed by atoms with Gasteiger partial charge in [0, 0.05) is 37.6 Å². The standard InChI is InChI=1S/C16H26N4O/c1-4-19-7-9-20(10-8-19)14-5-6-15(12(2)11-14)18-16(21)13(3)17/h5-6,11,13H,4,7-10,17H2,1-3H3,(H,18,21). The Labute approximate surface area is 127 Å². The van der Waals surface area contributed by atoms with Crippen molar-refractivity contribution in [2.24, 2.45) is 5.73 Å². The van der Waals surface area contributed by atoms with Crippen LogP contribution in [0.2, 0.25) is 0 Å². The molecule has 1 saturated heterocycles. The molecule has 2 rings (SSSR count). The summed E-state index contributed by atoms with van der Waals surface area (Å²) in [6.45, 7) is 11.4. The Morgan fingerprint density at radius 2 is 2.00 bits per heavy atom. The van der Waals surface area contributed by atoms with Crippen molar-refractivity contribution >= 4 is 17.3 Å². The molecule has 1 atom stereocenters. The van der Waals surface area contributed by atoms with Crippen LogP contribution in [0, 0.1) is 6.92 Å². The number of likely N-dealkylation sites (N-methyl/N-ethyl adjacent to an activating group) is 1. The van der Waals surface area contributed by atoms with Crippen LogP contribution in [-0.2, 0) is 4.79 Å². The smallest absolute Gasteiger partial charge is 0.241 e. The van der Waals surface area contributed by atoms with Gasteiger partial charge >= 0.3 is 0 Å². The Balaban J connectivity index is 2.04. The van der Waals surface area contributed by atoms with E-state index < -0.39 is 6.04 Å². The molecule has 0 radical (unpaired) electrons. The Morgan fingerprint density at radius 3 is 2.52 bits per heavy atom. The number of piperazine rings is 1. The molecule has 1 aliphatic rings. The fourth-order valence-corrected chi connectivity index (χ4v) is 2.55. The van der Waals surface area contributed by atoms with Crippen molar-refractivity contribution in [1.29, 1.82) is 0 Å². The zero-order valence-corrected chi connectivity index (χ0v) is 13.2. The lowest BCUT2D eigenvalue weighted by atomic mass is 10.1. The third-order valence-electron chi connectivity index (χ3n) is 4.07. The number of anilines is 2. The van der Waals surface area contributed by atoms with Crippen molar-refractivity contribution in [1.82, 2.24) is 4.90 Å². The van der Waals surface area contributed by atoms with E-state index >= 15 is 0 Å². The number of hydrogen-bond donors (Lipinski definition) is 2. The molecule has 1 aromatic rings. The van der Waals surface area contributed by atoms with E-state index in [2.05, 4.69) is 34.2 Å². The number of nitrogens with zero attached hydrogens (tertiary/aromatic N) is 2. The highest BCUT2D eigenvalue weighted by Crippen LogP contribution is 2.23. The average Bonchev–Trinajstić information content (AvgIpc) is 2.49. The van der Waals surface area contributed by atoms with Gasteiger partial charge in [-0.2, -0.15) is 0 Å². The summed E-state index contributed by atoms with van der Waals surface area (Å²) in [7, 11) is 0. The van der Waals surface area contributed by atoms with Gasteiger partial charge in [-0.25, -0.2) is 0 Å². The van der Waals surface area contributed by atoms with E-state index in [9.17, 15) is 4.79 Å². The van der Waals surface area contributed by atoms with Crippen LogP contribution in [0.5, 0.6) is 0 Å². The minimum absolute atomic E-state index is 0.151.